The number of carbonyl (C=O) groups excluding carboxylic acids is 1. The molecule has 114 valence electrons. The lowest BCUT2D eigenvalue weighted by Crippen LogP contribution is -2.38. The van der Waals surface area contributed by atoms with Gasteiger partial charge in [0, 0.05) is 12.8 Å². The van der Waals surface area contributed by atoms with Gasteiger partial charge in [-0.25, -0.2) is 9.18 Å². The molecule has 0 bridgehead atoms. The van der Waals surface area contributed by atoms with Gasteiger partial charge >= 0.3 is 5.97 Å². The van der Waals surface area contributed by atoms with E-state index < -0.39 is 11.8 Å². The Balaban J connectivity index is 1.88. The standard InChI is InChI=1S/C15H14FN3O3/c16-11-3-1-8(5-10(11)15(21)22)6-12-14-9(7-17-19-12)2-4-13(20)18-14/h1,3,5,17H,2,4,6-7H2,(H,18,20)(H,21,22). The molecule has 6 nitrogen and oxygen atoms in total. The normalized spacial score (nSPS) is 17.3. The highest BCUT2D eigenvalue weighted by atomic mass is 19.1. The molecule has 7 heteroatoms. The van der Waals surface area contributed by atoms with E-state index in [4.69, 9.17) is 5.11 Å². The topological polar surface area (TPSA) is 90.8 Å². The molecule has 0 aliphatic carbocycles. The molecular weight excluding hydrogens is 289 g/mol. The number of carbonyl (C=O) groups is 2. The van der Waals surface area contributed by atoms with Gasteiger partial charge in [0.1, 0.15) is 5.82 Å². The van der Waals surface area contributed by atoms with Gasteiger partial charge in [0.25, 0.3) is 0 Å². The van der Waals surface area contributed by atoms with Crippen LogP contribution in [0.5, 0.6) is 0 Å². The van der Waals surface area contributed by atoms with Crippen molar-refractivity contribution in [3.8, 4) is 0 Å². The summed E-state index contributed by atoms with van der Waals surface area (Å²) in [6, 6.07) is 3.94. The molecule has 2 aliphatic rings. The van der Waals surface area contributed by atoms with E-state index >= 15 is 0 Å². The van der Waals surface area contributed by atoms with Crippen LogP contribution in [-0.4, -0.2) is 29.2 Å². The summed E-state index contributed by atoms with van der Waals surface area (Å²) in [5, 5.41) is 16.0. The van der Waals surface area contributed by atoms with E-state index in [2.05, 4.69) is 15.8 Å². The fourth-order valence-corrected chi connectivity index (χ4v) is 2.59. The number of rotatable bonds is 3. The third kappa shape index (κ3) is 2.69. The second-order valence-corrected chi connectivity index (χ2v) is 5.22. The van der Waals surface area contributed by atoms with Gasteiger partial charge in [0.2, 0.25) is 5.91 Å². The van der Waals surface area contributed by atoms with Crippen molar-refractivity contribution in [3.05, 3.63) is 46.4 Å². The first-order chi connectivity index (χ1) is 10.5. The lowest BCUT2D eigenvalue weighted by atomic mass is 9.95. The van der Waals surface area contributed by atoms with Crippen molar-refractivity contribution >= 4 is 17.6 Å². The van der Waals surface area contributed by atoms with Crippen molar-refractivity contribution in [1.82, 2.24) is 10.7 Å². The molecule has 0 aromatic heterocycles. The maximum Gasteiger partial charge on any atom is 0.338 e. The molecule has 0 radical (unpaired) electrons. The average molecular weight is 303 g/mol. The number of allylic oxidation sites excluding steroid dienone is 1. The van der Waals surface area contributed by atoms with Gasteiger partial charge in [0.15, 0.2) is 0 Å². The number of aromatic carboxylic acids is 1. The molecule has 2 aliphatic heterocycles. The highest BCUT2D eigenvalue weighted by Gasteiger charge is 2.24. The van der Waals surface area contributed by atoms with Crippen LogP contribution in [0.3, 0.4) is 0 Å². The van der Waals surface area contributed by atoms with Crippen LogP contribution < -0.4 is 10.7 Å². The summed E-state index contributed by atoms with van der Waals surface area (Å²) in [6.07, 6.45) is 1.44. The van der Waals surface area contributed by atoms with Gasteiger partial charge in [0.05, 0.1) is 23.5 Å². The first-order valence-corrected chi connectivity index (χ1v) is 6.88. The minimum absolute atomic E-state index is 0.0568. The highest BCUT2D eigenvalue weighted by molar-refractivity contribution is 6.06. The van der Waals surface area contributed by atoms with Crippen LogP contribution in [0.15, 0.2) is 34.6 Å². The van der Waals surface area contributed by atoms with E-state index in [0.717, 1.165) is 11.6 Å². The first-order valence-electron chi connectivity index (χ1n) is 6.88. The molecule has 1 aromatic rings. The zero-order chi connectivity index (χ0) is 15.7. The Morgan fingerprint density at radius 2 is 2.18 bits per heavy atom. The summed E-state index contributed by atoms with van der Waals surface area (Å²) in [4.78, 5) is 22.5. The van der Waals surface area contributed by atoms with E-state index in [1.807, 2.05) is 0 Å². The monoisotopic (exact) mass is 303 g/mol. The number of hydrogen-bond acceptors (Lipinski definition) is 4. The molecule has 1 amide bonds. The van der Waals surface area contributed by atoms with Crippen molar-refractivity contribution in [2.75, 3.05) is 6.54 Å². The number of halogens is 1. The van der Waals surface area contributed by atoms with Gasteiger partial charge in [-0.3, -0.25) is 4.79 Å². The molecule has 0 spiro atoms. The van der Waals surface area contributed by atoms with Crippen molar-refractivity contribution < 1.29 is 19.1 Å². The number of nitrogens with one attached hydrogen (secondary N) is 2. The fraction of sp³-hybridized carbons (Fsp3) is 0.267. The minimum atomic E-state index is -1.31. The Hall–Kier alpha value is -2.70. The summed E-state index contributed by atoms with van der Waals surface area (Å²) in [5.41, 5.74) is 5.55. The molecule has 0 fully saturated rings. The summed E-state index contributed by atoms with van der Waals surface area (Å²) < 4.78 is 13.4. The Bertz CT molecular complexity index is 725. The second kappa shape index (κ2) is 5.59. The van der Waals surface area contributed by atoms with Crippen molar-refractivity contribution in [2.24, 2.45) is 5.10 Å². The van der Waals surface area contributed by atoms with Crippen LogP contribution >= 0.6 is 0 Å². The van der Waals surface area contributed by atoms with Crippen LogP contribution in [-0.2, 0) is 11.2 Å². The number of hydrogen-bond donors (Lipinski definition) is 3. The summed E-state index contributed by atoms with van der Waals surface area (Å²) >= 11 is 0. The molecule has 0 saturated heterocycles. The number of benzene rings is 1. The van der Waals surface area contributed by atoms with E-state index in [1.54, 1.807) is 0 Å². The quantitative estimate of drug-likeness (QED) is 0.782. The summed E-state index contributed by atoms with van der Waals surface area (Å²) in [7, 11) is 0. The molecule has 0 unspecified atom stereocenters. The van der Waals surface area contributed by atoms with Crippen molar-refractivity contribution in [3.63, 3.8) is 0 Å². The first kappa shape index (κ1) is 14.2. The van der Waals surface area contributed by atoms with Gasteiger partial charge in [-0.05, 0) is 29.7 Å². The van der Waals surface area contributed by atoms with Crippen LogP contribution in [0.1, 0.15) is 28.8 Å². The Morgan fingerprint density at radius 1 is 1.36 bits per heavy atom. The molecular formula is C15H14FN3O3. The third-order valence-corrected chi connectivity index (χ3v) is 3.70. The Labute approximate surface area is 125 Å². The van der Waals surface area contributed by atoms with Crippen LogP contribution in [0.25, 0.3) is 0 Å². The van der Waals surface area contributed by atoms with Gasteiger partial charge in [-0.15, -0.1) is 0 Å². The molecule has 0 atom stereocenters. The van der Waals surface area contributed by atoms with Crippen molar-refractivity contribution in [1.29, 1.82) is 0 Å². The maximum absolute atomic E-state index is 13.4. The van der Waals surface area contributed by atoms with E-state index in [-0.39, 0.29) is 11.5 Å². The number of carboxylic acid groups (broad SMARTS) is 1. The largest absolute Gasteiger partial charge is 0.478 e. The van der Waals surface area contributed by atoms with Gasteiger partial charge in [-0.1, -0.05) is 6.07 Å². The van der Waals surface area contributed by atoms with Crippen LogP contribution in [0.4, 0.5) is 4.39 Å². The zero-order valence-electron chi connectivity index (χ0n) is 11.6. The predicted octanol–water partition coefficient (Wildman–Crippen LogP) is 1.19. The minimum Gasteiger partial charge on any atom is -0.478 e. The summed E-state index contributed by atoms with van der Waals surface area (Å²) in [6.45, 7) is 0.586. The van der Waals surface area contributed by atoms with Crippen LogP contribution in [0.2, 0.25) is 0 Å². The fourth-order valence-electron chi connectivity index (χ4n) is 2.59. The van der Waals surface area contributed by atoms with Gasteiger partial charge in [-0.2, -0.15) is 5.10 Å². The van der Waals surface area contributed by atoms with E-state index in [9.17, 15) is 14.0 Å². The molecule has 1 aromatic carbocycles. The molecule has 0 saturated carbocycles. The number of carboxylic acids is 1. The predicted molar refractivity (Wildman–Crippen MR) is 76.9 cm³/mol. The lowest BCUT2D eigenvalue weighted by molar-refractivity contribution is -0.120. The van der Waals surface area contributed by atoms with Crippen molar-refractivity contribution in [2.45, 2.75) is 19.3 Å². The molecule has 3 rings (SSSR count). The van der Waals surface area contributed by atoms with E-state index in [1.165, 1.54) is 12.1 Å². The number of hydrazone groups is 1. The lowest BCUT2D eigenvalue weighted by Gasteiger charge is -2.26. The SMILES string of the molecule is O=C1CCC2=C(N1)C(Cc1ccc(F)c(C(=O)O)c1)=NNC2. The smallest absolute Gasteiger partial charge is 0.338 e. The number of amides is 1. The summed E-state index contributed by atoms with van der Waals surface area (Å²) in [5.74, 6) is -2.14. The van der Waals surface area contributed by atoms with Crippen LogP contribution in [0, 0.1) is 5.82 Å². The number of nitrogens with zero attached hydrogens (tertiary/aromatic N) is 1. The third-order valence-electron chi connectivity index (χ3n) is 3.70. The highest BCUT2D eigenvalue weighted by Crippen LogP contribution is 2.21. The molecule has 2 heterocycles. The molecule has 22 heavy (non-hydrogen) atoms. The Kier molecular flexibility index (Phi) is 3.62. The second-order valence-electron chi connectivity index (χ2n) is 5.22. The van der Waals surface area contributed by atoms with E-state index in [0.29, 0.717) is 42.8 Å². The zero-order valence-corrected chi connectivity index (χ0v) is 11.6. The Morgan fingerprint density at radius 3 is 2.95 bits per heavy atom. The maximum atomic E-state index is 13.4. The average Bonchev–Trinajstić information content (AvgIpc) is 2.49. The van der Waals surface area contributed by atoms with Gasteiger partial charge < -0.3 is 15.8 Å². The molecule has 3 N–H and O–H groups in total.